The van der Waals surface area contributed by atoms with Crippen molar-refractivity contribution in [2.45, 2.75) is 42.8 Å². The van der Waals surface area contributed by atoms with E-state index in [0.29, 0.717) is 18.6 Å². The number of alkyl halides is 3. The van der Waals surface area contributed by atoms with Crippen molar-refractivity contribution in [3.05, 3.63) is 0 Å². The molecule has 0 radical (unpaired) electrons. The van der Waals surface area contributed by atoms with Gasteiger partial charge in [0.25, 0.3) is 0 Å². The third-order valence-electron chi connectivity index (χ3n) is 3.52. The second kappa shape index (κ2) is 4.35. The summed E-state index contributed by atoms with van der Waals surface area (Å²) >= 11 is 1.46. The van der Waals surface area contributed by atoms with Crippen LogP contribution < -0.4 is 5.32 Å². The average Bonchev–Trinajstić information content (AvgIpc) is 2.62. The molecule has 0 amide bonds. The third-order valence-corrected chi connectivity index (χ3v) is 5.10. The summed E-state index contributed by atoms with van der Waals surface area (Å²) < 4.78 is 37.5. The van der Waals surface area contributed by atoms with Gasteiger partial charge in [0, 0.05) is 5.75 Å². The molecule has 1 saturated heterocycles. The van der Waals surface area contributed by atoms with Gasteiger partial charge in [-0.15, -0.1) is 11.8 Å². The monoisotopic (exact) mass is 269 g/mol. The van der Waals surface area contributed by atoms with E-state index in [1.807, 2.05) is 0 Å². The molecule has 1 spiro atoms. The fourth-order valence-corrected chi connectivity index (χ4v) is 3.94. The lowest BCUT2D eigenvalue weighted by atomic mass is 9.85. The highest BCUT2D eigenvalue weighted by Gasteiger charge is 2.49. The molecular formula is C10H14F3NO2S. The van der Waals surface area contributed by atoms with Gasteiger partial charge < -0.3 is 5.11 Å². The van der Waals surface area contributed by atoms with Crippen LogP contribution in [0.2, 0.25) is 0 Å². The van der Waals surface area contributed by atoms with Crippen molar-refractivity contribution in [1.29, 1.82) is 0 Å². The minimum Gasteiger partial charge on any atom is -0.480 e. The lowest BCUT2D eigenvalue weighted by Gasteiger charge is -2.37. The Bertz CT molecular complexity index is 313. The highest BCUT2D eigenvalue weighted by Crippen LogP contribution is 2.47. The first-order chi connectivity index (χ1) is 7.82. The van der Waals surface area contributed by atoms with Crippen molar-refractivity contribution in [2.24, 2.45) is 5.92 Å². The minimum atomic E-state index is -4.11. The maximum Gasteiger partial charge on any atom is 0.391 e. The maximum atomic E-state index is 12.5. The minimum absolute atomic E-state index is 0.0931. The summed E-state index contributed by atoms with van der Waals surface area (Å²) in [6, 6.07) is -0.623. The largest absolute Gasteiger partial charge is 0.480 e. The second-order valence-corrected chi connectivity index (χ2v) is 6.06. The van der Waals surface area contributed by atoms with E-state index in [-0.39, 0.29) is 12.8 Å². The summed E-state index contributed by atoms with van der Waals surface area (Å²) in [5.41, 5.74) is 0. The molecule has 1 atom stereocenters. The molecule has 98 valence electrons. The van der Waals surface area contributed by atoms with E-state index in [0.717, 1.165) is 0 Å². The molecule has 3 nitrogen and oxygen atoms in total. The van der Waals surface area contributed by atoms with Crippen LogP contribution in [0.25, 0.3) is 0 Å². The standard InChI is InChI=1S/C10H14F3NO2S/c11-10(12,13)6-1-3-9(4-2-6)14-7(5-17-9)8(15)16/h6-7,14H,1-5H2,(H,15,16). The Hall–Kier alpha value is -0.430. The third kappa shape index (κ3) is 2.70. The van der Waals surface area contributed by atoms with Gasteiger partial charge in [0.05, 0.1) is 10.8 Å². The van der Waals surface area contributed by atoms with Gasteiger partial charge >= 0.3 is 12.1 Å². The smallest absolute Gasteiger partial charge is 0.391 e. The van der Waals surface area contributed by atoms with Crippen LogP contribution in [-0.4, -0.2) is 33.9 Å². The summed E-state index contributed by atoms with van der Waals surface area (Å²) in [5, 5.41) is 11.8. The lowest BCUT2D eigenvalue weighted by molar-refractivity contribution is -0.183. The Labute approximate surface area is 101 Å². The molecule has 7 heteroatoms. The molecule has 2 aliphatic rings. The van der Waals surface area contributed by atoms with E-state index in [1.165, 1.54) is 11.8 Å². The van der Waals surface area contributed by atoms with Gasteiger partial charge in [-0.1, -0.05) is 0 Å². The first kappa shape index (κ1) is 13.0. The average molecular weight is 269 g/mol. The predicted octanol–water partition coefficient (Wildman–Crippen LogP) is 2.22. The number of hydrogen-bond donors (Lipinski definition) is 2. The highest BCUT2D eigenvalue weighted by atomic mass is 32.2. The molecule has 1 heterocycles. The van der Waals surface area contributed by atoms with Crippen LogP contribution in [0.5, 0.6) is 0 Å². The molecular weight excluding hydrogens is 255 g/mol. The Morgan fingerprint density at radius 1 is 1.35 bits per heavy atom. The van der Waals surface area contributed by atoms with Crippen molar-refractivity contribution in [1.82, 2.24) is 5.32 Å². The number of rotatable bonds is 1. The number of thioether (sulfide) groups is 1. The van der Waals surface area contributed by atoms with Crippen LogP contribution in [0.15, 0.2) is 0 Å². The van der Waals surface area contributed by atoms with E-state index in [2.05, 4.69) is 5.32 Å². The summed E-state index contributed by atoms with van der Waals surface area (Å²) in [4.78, 5) is 10.4. The van der Waals surface area contributed by atoms with E-state index in [9.17, 15) is 18.0 Å². The fraction of sp³-hybridized carbons (Fsp3) is 0.900. The van der Waals surface area contributed by atoms with Gasteiger partial charge in [-0.3, -0.25) is 10.1 Å². The fourth-order valence-electron chi connectivity index (χ4n) is 2.48. The number of aliphatic carboxylic acids is 1. The van der Waals surface area contributed by atoms with Crippen molar-refractivity contribution in [2.75, 3.05) is 5.75 Å². The molecule has 0 aromatic carbocycles. The van der Waals surface area contributed by atoms with Gasteiger partial charge in [0.15, 0.2) is 0 Å². The van der Waals surface area contributed by atoms with Crippen LogP contribution >= 0.6 is 11.8 Å². The molecule has 17 heavy (non-hydrogen) atoms. The first-order valence-electron chi connectivity index (χ1n) is 5.54. The highest BCUT2D eigenvalue weighted by molar-refractivity contribution is 8.00. The Morgan fingerprint density at radius 3 is 2.35 bits per heavy atom. The van der Waals surface area contributed by atoms with Crippen molar-refractivity contribution >= 4 is 17.7 Å². The van der Waals surface area contributed by atoms with Crippen LogP contribution in [0.3, 0.4) is 0 Å². The number of carbonyl (C=O) groups is 1. The quantitative estimate of drug-likeness (QED) is 0.766. The number of carboxylic acids is 1. The van der Waals surface area contributed by atoms with Gasteiger partial charge in [-0.25, -0.2) is 0 Å². The second-order valence-electron chi connectivity index (χ2n) is 4.66. The summed E-state index contributed by atoms with van der Waals surface area (Å²) in [5.74, 6) is -1.71. The number of nitrogens with one attached hydrogen (secondary N) is 1. The SMILES string of the molecule is O=C(O)C1CSC2(CCC(C(F)(F)F)CC2)N1. The molecule has 2 N–H and O–H groups in total. The number of hydrogen-bond acceptors (Lipinski definition) is 3. The van der Waals surface area contributed by atoms with Gasteiger partial charge in [-0.2, -0.15) is 13.2 Å². The molecule has 0 aromatic rings. The van der Waals surface area contributed by atoms with E-state index in [1.54, 1.807) is 0 Å². The Kier molecular flexibility index (Phi) is 3.33. The molecule has 2 rings (SSSR count). The van der Waals surface area contributed by atoms with Gasteiger partial charge in [0.1, 0.15) is 6.04 Å². The van der Waals surface area contributed by atoms with Crippen LogP contribution in [0.1, 0.15) is 25.7 Å². The van der Waals surface area contributed by atoms with Gasteiger partial charge in [-0.05, 0) is 25.7 Å². The lowest BCUT2D eigenvalue weighted by Crippen LogP contribution is -2.48. The summed E-state index contributed by atoms with van der Waals surface area (Å²) in [6.45, 7) is 0. The predicted molar refractivity (Wildman–Crippen MR) is 57.8 cm³/mol. The normalized spacial score (nSPS) is 38.5. The summed E-state index contributed by atoms with van der Waals surface area (Å²) in [6.07, 6.45) is -3.14. The zero-order valence-corrected chi connectivity index (χ0v) is 9.90. The topological polar surface area (TPSA) is 49.3 Å². The van der Waals surface area contributed by atoms with E-state index < -0.39 is 29.0 Å². The summed E-state index contributed by atoms with van der Waals surface area (Å²) in [7, 11) is 0. The van der Waals surface area contributed by atoms with Crippen LogP contribution in [-0.2, 0) is 4.79 Å². The van der Waals surface area contributed by atoms with Gasteiger partial charge in [0.2, 0.25) is 0 Å². The number of carboxylic acid groups (broad SMARTS) is 1. The number of halogens is 3. The molecule has 1 saturated carbocycles. The molecule has 1 unspecified atom stereocenters. The van der Waals surface area contributed by atoms with E-state index in [4.69, 9.17) is 5.11 Å². The zero-order chi connectivity index (χ0) is 12.7. The molecule has 1 aliphatic carbocycles. The van der Waals surface area contributed by atoms with Crippen molar-refractivity contribution < 1.29 is 23.1 Å². The molecule has 0 aromatic heterocycles. The molecule has 2 fully saturated rings. The molecule has 0 bridgehead atoms. The van der Waals surface area contributed by atoms with Crippen molar-refractivity contribution in [3.8, 4) is 0 Å². The maximum absolute atomic E-state index is 12.5. The van der Waals surface area contributed by atoms with Crippen molar-refractivity contribution in [3.63, 3.8) is 0 Å². The first-order valence-corrected chi connectivity index (χ1v) is 6.52. The Morgan fingerprint density at radius 2 is 1.94 bits per heavy atom. The zero-order valence-electron chi connectivity index (χ0n) is 9.09. The Balaban J connectivity index is 1.93. The van der Waals surface area contributed by atoms with Crippen LogP contribution in [0, 0.1) is 5.92 Å². The van der Waals surface area contributed by atoms with E-state index >= 15 is 0 Å². The molecule has 1 aliphatic heterocycles. The van der Waals surface area contributed by atoms with Crippen LogP contribution in [0.4, 0.5) is 13.2 Å².